The number of H-pyrrole nitrogens is 1. The van der Waals surface area contributed by atoms with Crippen LogP contribution in [0.3, 0.4) is 0 Å². The number of nitrogens with one attached hydrogen (secondary N) is 2. The number of hydrogen-bond donors (Lipinski definition) is 2. The molecule has 0 unspecified atom stereocenters. The summed E-state index contributed by atoms with van der Waals surface area (Å²) in [5.41, 5.74) is 1.45. The largest absolute Gasteiger partial charge is 0.378 e. The Kier molecular flexibility index (Phi) is 3.73. The summed E-state index contributed by atoms with van der Waals surface area (Å²) >= 11 is 0. The molecule has 2 saturated heterocycles. The Morgan fingerprint density at radius 1 is 1.21 bits per heavy atom. The minimum absolute atomic E-state index is 0.0338. The van der Waals surface area contributed by atoms with E-state index in [2.05, 4.69) is 20.5 Å². The Balaban J connectivity index is 1.54. The van der Waals surface area contributed by atoms with Crippen molar-refractivity contribution in [1.29, 1.82) is 0 Å². The number of fused-ring (bicyclic) bond motifs is 3. The highest BCUT2D eigenvalue weighted by molar-refractivity contribution is 5.95. The van der Waals surface area contributed by atoms with E-state index in [4.69, 9.17) is 4.74 Å². The molecule has 8 heteroatoms. The van der Waals surface area contributed by atoms with Gasteiger partial charge in [0.2, 0.25) is 5.91 Å². The number of rotatable bonds is 2. The molecule has 1 aromatic heterocycles. The quantitative estimate of drug-likeness (QED) is 0.812. The number of carbonyl (C=O) groups is 2. The van der Waals surface area contributed by atoms with Crippen molar-refractivity contribution < 1.29 is 14.3 Å². The van der Waals surface area contributed by atoms with E-state index in [-0.39, 0.29) is 23.8 Å². The minimum Gasteiger partial charge on any atom is -0.378 e. The van der Waals surface area contributed by atoms with Crippen LogP contribution in [0, 0.1) is 5.92 Å². The highest BCUT2D eigenvalue weighted by Crippen LogP contribution is 2.19. The lowest BCUT2D eigenvalue weighted by Gasteiger charge is -2.27. The Hall–Kier alpha value is -2.74. The van der Waals surface area contributed by atoms with E-state index in [1.54, 1.807) is 17.0 Å². The molecule has 124 valence electrons. The molecular formula is C16H17N5O3. The van der Waals surface area contributed by atoms with Gasteiger partial charge in [-0.1, -0.05) is 12.1 Å². The molecule has 2 fully saturated rings. The first kappa shape index (κ1) is 14.8. The van der Waals surface area contributed by atoms with E-state index >= 15 is 0 Å². The van der Waals surface area contributed by atoms with Gasteiger partial charge in [-0.3, -0.25) is 14.7 Å². The topological polar surface area (TPSA) is 100 Å². The lowest BCUT2D eigenvalue weighted by molar-refractivity contribution is -0.125. The zero-order valence-corrected chi connectivity index (χ0v) is 12.9. The van der Waals surface area contributed by atoms with E-state index in [0.717, 1.165) is 5.56 Å². The molecule has 2 atom stereocenters. The average molecular weight is 327 g/mol. The molecule has 0 spiro atoms. The van der Waals surface area contributed by atoms with E-state index in [0.29, 0.717) is 37.7 Å². The number of amides is 2. The van der Waals surface area contributed by atoms with Gasteiger partial charge < -0.3 is 15.0 Å². The first-order chi connectivity index (χ1) is 11.7. The van der Waals surface area contributed by atoms with Crippen LogP contribution in [0.25, 0.3) is 11.4 Å². The molecule has 2 aliphatic heterocycles. The number of aromatic amines is 1. The first-order valence-corrected chi connectivity index (χ1v) is 7.84. The van der Waals surface area contributed by atoms with Gasteiger partial charge >= 0.3 is 0 Å². The number of carbonyl (C=O) groups excluding carboxylic acids is 2. The van der Waals surface area contributed by atoms with Crippen molar-refractivity contribution in [2.75, 3.05) is 26.3 Å². The molecule has 0 radical (unpaired) electrons. The summed E-state index contributed by atoms with van der Waals surface area (Å²) in [6.45, 7) is 1.64. The SMILES string of the molecule is O=C1N[C@@H]2COC[C@H]1CN(C(=O)c1ccc(-c3ncn[nH]3)cc1)C2. The van der Waals surface area contributed by atoms with Gasteiger partial charge in [-0.15, -0.1) is 0 Å². The predicted molar refractivity (Wildman–Crippen MR) is 84.0 cm³/mol. The summed E-state index contributed by atoms with van der Waals surface area (Å²) in [7, 11) is 0. The van der Waals surface area contributed by atoms with Crippen LogP contribution in [0.4, 0.5) is 0 Å². The molecule has 0 saturated carbocycles. The van der Waals surface area contributed by atoms with Gasteiger partial charge in [0.1, 0.15) is 6.33 Å². The third-order valence-electron chi connectivity index (χ3n) is 4.34. The van der Waals surface area contributed by atoms with Gasteiger partial charge in [-0.25, -0.2) is 4.98 Å². The predicted octanol–water partition coefficient (Wildman–Crippen LogP) is 0.0587. The summed E-state index contributed by atoms with van der Waals surface area (Å²) in [5, 5.41) is 9.53. The second-order valence-electron chi connectivity index (χ2n) is 6.06. The molecule has 2 aliphatic rings. The van der Waals surface area contributed by atoms with Crippen molar-refractivity contribution in [3.05, 3.63) is 36.2 Å². The Morgan fingerprint density at radius 2 is 2.04 bits per heavy atom. The second-order valence-corrected chi connectivity index (χ2v) is 6.06. The standard InChI is InChI=1S/C16H17N5O3/c22-15-12-5-21(6-13(19-15)8-24-7-12)16(23)11-3-1-10(2-4-11)14-17-9-18-20-14/h1-4,9,12-13H,5-8H2,(H,19,22)(H,17,18,20)/t12-,13+/m1/s1. The first-order valence-electron chi connectivity index (χ1n) is 7.84. The maximum atomic E-state index is 12.8. The summed E-state index contributed by atoms with van der Waals surface area (Å²) in [4.78, 5) is 30.7. The van der Waals surface area contributed by atoms with Crippen molar-refractivity contribution >= 4 is 11.8 Å². The summed E-state index contributed by atoms with van der Waals surface area (Å²) in [6.07, 6.45) is 1.44. The fraction of sp³-hybridized carbons (Fsp3) is 0.375. The normalized spacial score (nSPS) is 23.5. The average Bonchev–Trinajstić information content (AvgIpc) is 3.00. The van der Waals surface area contributed by atoms with Gasteiger partial charge in [0.25, 0.3) is 5.91 Å². The molecule has 24 heavy (non-hydrogen) atoms. The molecular weight excluding hydrogens is 310 g/mol. The number of nitrogens with zero attached hydrogens (tertiary/aromatic N) is 3. The molecule has 2 bridgehead atoms. The third kappa shape index (κ3) is 2.76. The van der Waals surface area contributed by atoms with Gasteiger partial charge in [0, 0.05) is 24.2 Å². The van der Waals surface area contributed by atoms with Gasteiger partial charge in [0.15, 0.2) is 5.82 Å². The highest BCUT2D eigenvalue weighted by Gasteiger charge is 2.35. The van der Waals surface area contributed by atoms with E-state index in [9.17, 15) is 9.59 Å². The summed E-state index contributed by atoms with van der Waals surface area (Å²) < 4.78 is 5.49. The van der Waals surface area contributed by atoms with Crippen LogP contribution in [0.2, 0.25) is 0 Å². The van der Waals surface area contributed by atoms with Gasteiger partial charge in [-0.2, -0.15) is 5.10 Å². The van der Waals surface area contributed by atoms with E-state index in [1.807, 2.05) is 12.1 Å². The van der Waals surface area contributed by atoms with Crippen LogP contribution in [-0.4, -0.2) is 64.2 Å². The molecule has 2 aromatic rings. The summed E-state index contributed by atoms with van der Waals surface area (Å²) in [5.74, 6) is 0.237. The molecule has 4 rings (SSSR count). The zero-order chi connectivity index (χ0) is 16.5. The van der Waals surface area contributed by atoms with Crippen LogP contribution in [-0.2, 0) is 9.53 Å². The van der Waals surface area contributed by atoms with Crippen molar-refractivity contribution in [2.24, 2.45) is 5.92 Å². The van der Waals surface area contributed by atoms with Crippen molar-refractivity contribution in [1.82, 2.24) is 25.4 Å². The Morgan fingerprint density at radius 3 is 2.79 bits per heavy atom. The third-order valence-corrected chi connectivity index (χ3v) is 4.34. The molecule has 1 aromatic carbocycles. The number of ether oxygens (including phenoxy) is 1. The number of aromatic nitrogens is 3. The maximum Gasteiger partial charge on any atom is 0.253 e. The van der Waals surface area contributed by atoms with Crippen molar-refractivity contribution in [2.45, 2.75) is 6.04 Å². The number of hydrogen-bond acceptors (Lipinski definition) is 5. The number of benzene rings is 1. The second kappa shape index (κ2) is 6.04. The van der Waals surface area contributed by atoms with Crippen LogP contribution < -0.4 is 5.32 Å². The summed E-state index contributed by atoms with van der Waals surface area (Å²) in [6, 6.07) is 7.05. The van der Waals surface area contributed by atoms with E-state index < -0.39 is 0 Å². The molecule has 2 N–H and O–H groups in total. The fourth-order valence-corrected chi connectivity index (χ4v) is 3.09. The minimum atomic E-state index is -0.310. The molecule has 3 heterocycles. The Labute approximate surface area is 138 Å². The van der Waals surface area contributed by atoms with Gasteiger partial charge in [0.05, 0.1) is 25.2 Å². The van der Waals surface area contributed by atoms with Crippen LogP contribution in [0.5, 0.6) is 0 Å². The molecule has 8 nitrogen and oxygen atoms in total. The lowest BCUT2D eigenvalue weighted by Crippen LogP contribution is -2.44. The van der Waals surface area contributed by atoms with E-state index in [1.165, 1.54) is 6.33 Å². The van der Waals surface area contributed by atoms with Crippen LogP contribution in [0.1, 0.15) is 10.4 Å². The highest BCUT2D eigenvalue weighted by atomic mass is 16.5. The monoisotopic (exact) mass is 327 g/mol. The molecule has 2 amide bonds. The molecule has 0 aliphatic carbocycles. The van der Waals surface area contributed by atoms with Crippen molar-refractivity contribution in [3.63, 3.8) is 0 Å². The van der Waals surface area contributed by atoms with Gasteiger partial charge in [-0.05, 0) is 12.1 Å². The van der Waals surface area contributed by atoms with Crippen LogP contribution >= 0.6 is 0 Å². The fourth-order valence-electron chi connectivity index (χ4n) is 3.09. The zero-order valence-electron chi connectivity index (χ0n) is 12.9. The lowest BCUT2D eigenvalue weighted by atomic mass is 10.1. The smallest absolute Gasteiger partial charge is 0.253 e. The Bertz CT molecular complexity index is 744. The van der Waals surface area contributed by atoms with Crippen molar-refractivity contribution in [3.8, 4) is 11.4 Å². The van der Waals surface area contributed by atoms with Crippen LogP contribution in [0.15, 0.2) is 30.6 Å². The maximum absolute atomic E-state index is 12.8.